The van der Waals surface area contributed by atoms with Crippen molar-refractivity contribution in [3.63, 3.8) is 0 Å². The Morgan fingerprint density at radius 2 is 2.00 bits per heavy atom. The number of hydrogen-bond acceptors (Lipinski definition) is 4. The molecule has 4 nitrogen and oxygen atoms in total. The lowest BCUT2D eigenvalue weighted by atomic mass is 10.2. The van der Waals surface area contributed by atoms with Crippen LogP contribution in [0.25, 0.3) is 0 Å². The highest BCUT2D eigenvalue weighted by Gasteiger charge is 2.06. The summed E-state index contributed by atoms with van der Waals surface area (Å²) in [6.07, 6.45) is 0. The lowest BCUT2D eigenvalue weighted by Crippen LogP contribution is -2.31. The summed E-state index contributed by atoms with van der Waals surface area (Å²) in [6.45, 7) is 1.90. The number of ether oxygens (including phenoxy) is 1. The minimum Gasteiger partial charge on any atom is -0.465 e. The van der Waals surface area contributed by atoms with Gasteiger partial charge in [-0.1, -0.05) is 12.1 Å². The molecule has 1 rings (SSSR count). The monoisotopic (exact) mass is 285 g/mol. The fourth-order valence-electron chi connectivity index (χ4n) is 1.28. The van der Waals surface area contributed by atoms with Crippen molar-refractivity contribution in [3.8, 4) is 0 Å². The molecule has 0 fully saturated rings. The van der Waals surface area contributed by atoms with Gasteiger partial charge in [0.15, 0.2) is 0 Å². The molecular weight excluding hydrogens is 269 g/mol. The number of carbonyl (C=O) groups is 2. The quantitative estimate of drug-likeness (QED) is 0.775. The maximum Gasteiger partial charge on any atom is 0.325 e. The number of hydrogen-bond donors (Lipinski definition) is 1. The Bertz CT molecular complexity index is 422. The highest BCUT2D eigenvalue weighted by atomic mass is 32.2. The summed E-state index contributed by atoms with van der Waals surface area (Å²) in [5.74, 6) is -0.0790. The molecule has 0 atom stereocenters. The predicted molar refractivity (Wildman–Crippen MR) is 72.2 cm³/mol. The van der Waals surface area contributed by atoms with E-state index in [0.717, 1.165) is 5.56 Å². The summed E-state index contributed by atoms with van der Waals surface area (Å²) in [6, 6.07) is 6.13. The molecule has 19 heavy (non-hydrogen) atoms. The molecule has 0 saturated carbocycles. The van der Waals surface area contributed by atoms with E-state index in [-0.39, 0.29) is 24.0 Å². The zero-order valence-corrected chi connectivity index (χ0v) is 11.5. The van der Waals surface area contributed by atoms with Crippen LogP contribution in [0.1, 0.15) is 12.5 Å². The molecule has 0 spiro atoms. The number of rotatable bonds is 7. The Labute approximate surface area is 115 Å². The minimum absolute atomic E-state index is 0.107. The SMILES string of the molecule is CCOC(=O)CNC(=O)CSCc1ccc(F)cc1. The lowest BCUT2D eigenvalue weighted by Gasteiger charge is -2.05. The van der Waals surface area contributed by atoms with Crippen LogP contribution in [0, 0.1) is 5.82 Å². The normalized spacial score (nSPS) is 10.0. The fourth-order valence-corrected chi connectivity index (χ4v) is 2.09. The zero-order valence-electron chi connectivity index (χ0n) is 10.6. The summed E-state index contributed by atoms with van der Waals surface area (Å²) in [5, 5.41) is 2.47. The van der Waals surface area contributed by atoms with Crippen molar-refractivity contribution in [2.45, 2.75) is 12.7 Å². The molecule has 1 aromatic carbocycles. The third-order valence-corrected chi connectivity index (χ3v) is 3.15. The van der Waals surface area contributed by atoms with Crippen LogP contribution in [0.5, 0.6) is 0 Å². The van der Waals surface area contributed by atoms with E-state index < -0.39 is 5.97 Å². The first kappa shape index (κ1) is 15.5. The second kappa shape index (κ2) is 8.53. The van der Waals surface area contributed by atoms with Gasteiger partial charge in [-0.05, 0) is 24.6 Å². The van der Waals surface area contributed by atoms with Crippen LogP contribution in [0.4, 0.5) is 4.39 Å². The van der Waals surface area contributed by atoms with Gasteiger partial charge in [-0.2, -0.15) is 0 Å². The molecule has 0 bridgehead atoms. The van der Waals surface area contributed by atoms with Crippen LogP contribution >= 0.6 is 11.8 Å². The van der Waals surface area contributed by atoms with Crippen molar-refractivity contribution >= 4 is 23.6 Å². The molecule has 0 unspecified atom stereocenters. The first-order valence-corrected chi connectivity index (χ1v) is 7.01. The number of halogens is 1. The van der Waals surface area contributed by atoms with Gasteiger partial charge in [0, 0.05) is 5.75 Å². The Hall–Kier alpha value is -1.56. The molecule has 0 heterocycles. The highest BCUT2D eigenvalue weighted by molar-refractivity contribution is 7.99. The molecule has 1 amide bonds. The smallest absolute Gasteiger partial charge is 0.325 e. The van der Waals surface area contributed by atoms with E-state index in [2.05, 4.69) is 10.1 Å². The van der Waals surface area contributed by atoms with E-state index in [0.29, 0.717) is 12.4 Å². The van der Waals surface area contributed by atoms with Crippen LogP contribution in [0.3, 0.4) is 0 Å². The molecule has 0 aliphatic heterocycles. The molecule has 1 aromatic rings. The molecular formula is C13H16FNO3S. The molecule has 0 radical (unpaired) electrons. The number of nitrogens with one attached hydrogen (secondary N) is 1. The van der Waals surface area contributed by atoms with Crippen molar-refractivity contribution in [2.75, 3.05) is 18.9 Å². The Kier molecular flexibility index (Phi) is 6.95. The van der Waals surface area contributed by atoms with Gasteiger partial charge in [0.05, 0.1) is 12.4 Å². The van der Waals surface area contributed by atoms with E-state index in [1.54, 1.807) is 19.1 Å². The van der Waals surface area contributed by atoms with Crippen molar-refractivity contribution in [1.82, 2.24) is 5.32 Å². The third-order valence-electron chi connectivity index (χ3n) is 2.15. The number of benzene rings is 1. The van der Waals surface area contributed by atoms with Gasteiger partial charge in [0.1, 0.15) is 12.4 Å². The summed E-state index contributed by atoms with van der Waals surface area (Å²) >= 11 is 1.40. The highest BCUT2D eigenvalue weighted by Crippen LogP contribution is 2.12. The van der Waals surface area contributed by atoms with E-state index in [9.17, 15) is 14.0 Å². The van der Waals surface area contributed by atoms with E-state index in [1.807, 2.05) is 0 Å². The minimum atomic E-state index is -0.445. The molecule has 1 N–H and O–H groups in total. The van der Waals surface area contributed by atoms with Gasteiger partial charge in [-0.15, -0.1) is 11.8 Å². The maximum atomic E-state index is 12.7. The van der Waals surface area contributed by atoms with Crippen LogP contribution in [0.15, 0.2) is 24.3 Å². The van der Waals surface area contributed by atoms with Gasteiger partial charge in [0.25, 0.3) is 0 Å². The average molecular weight is 285 g/mol. The lowest BCUT2D eigenvalue weighted by molar-refractivity contribution is -0.143. The molecule has 104 valence electrons. The first-order valence-electron chi connectivity index (χ1n) is 5.86. The summed E-state index contributed by atoms with van der Waals surface area (Å²) in [4.78, 5) is 22.4. The maximum absolute atomic E-state index is 12.7. The van der Waals surface area contributed by atoms with Crippen LogP contribution < -0.4 is 5.32 Å². The summed E-state index contributed by atoms with van der Waals surface area (Å²) in [5.41, 5.74) is 0.949. The number of carbonyl (C=O) groups excluding carboxylic acids is 2. The number of thioether (sulfide) groups is 1. The van der Waals surface area contributed by atoms with Crippen LogP contribution in [0.2, 0.25) is 0 Å². The van der Waals surface area contributed by atoms with Gasteiger partial charge in [-0.3, -0.25) is 9.59 Å². The Morgan fingerprint density at radius 3 is 2.63 bits per heavy atom. The third kappa shape index (κ3) is 6.81. The molecule has 0 saturated heterocycles. The van der Waals surface area contributed by atoms with Gasteiger partial charge >= 0.3 is 5.97 Å². The second-order valence-corrected chi connectivity index (χ2v) is 4.69. The van der Waals surface area contributed by atoms with E-state index in [1.165, 1.54) is 23.9 Å². The molecule has 0 aliphatic rings. The fraction of sp³-hybridized carbons (Fsp3) is 0.385. The standard InChI is InChI=1S/C13H16FNO3S/c1-2-18-13(17)7-15-12(16)9-19-8-10-3-5-11(14)6-4-10/h3-6H,2,7-9H2,1H3,(H,15,16). The summed E-state index contributed by atoms with van der Waals surface area (Å²) in [7, 11) is 0. The summed E-state index contributed by atoms with van der Waals surface area (Å²) < 4.78 is 17.3. The van der Waals surface area contributed by atoms with Gasteiger partial charge in [-0.25, -0.2) is 4.39 Å². The van der Waals surface area contributed by atoms with Crippen molar-refractivity contribution in [1.29, 1.82) is 0 Å². The van der Waals surface area contributed by atoms with Gasteiger partial charge in [0.2, 0.25) is 5.91 Å². The number of esters is 1. The van der Waals surface area contributed by atoms with Crippen LogP contribution in [-0.2, 0) is 20.1 Å². The van der Waals surface area contributed by atoms with Crippen molar-refractivity contribution in [3.05, 3.63) is 35.6 Å². The Balaban J connectivity index is 2.16. The molecule has 0 aromatic heterocycles. The van der Waals surface area contributed by atoms with Crippen molar-refractivity contribution in [2.24, 2.45) is 0 Å². The van der Waals surface area contributed by atoms with Crippen LogP contribution in [-0.4, -0.2) is 30.8 Å². The zero-order chi connectivity index (χ0) is 14.1. The number of amides is 1. The van der Waals surface area contributed by atoms with E-state index >= 15 is 0 Å². The van der Waals surface area contributed by atoms with Gasteiger partial charge < -0.3 is 10.1 Å². The largest absolute Gasteiger partial charge is 0.465 e. The predicted octanol–water partition coefficient (Wildman–Crippen LogP) is 1.74. The first-order chi connectivity index (χ1) is 9.11. The second-order valence-electron chi connectivity index (χ2n) is 3.70. The van der Waals surface area contributed by atoms with Crippen molar-refractivity contribution < 1.29 is 18.7 Å². The van der Waals surface area contributed by atoms with E-state index in [4.69, 9.17) is 0 Å². The molecule has 6 heteroatoms. The average Bonchev–Trinajstić information content (AvgIpc) is 2.39. The molecule has 0 aliphatic carbocycles. The Morgan fingerprint density at radius 1 is 1.32 bits per heavy atom. The topological polar surface area (TPSA) is 55.4 Å².